The predicted molar refractivity (Wildman–Crippen MR) is 137 cm³/mol. The van der Waals surface area contributed by atoms with Crippen LogP contribution in [0, 0.1) is 6.92 Å². The maximum absolute atomic E-state index is 13.6. The van der Waals surface area contributed by atoms with Gasteiger partial charge in [-0.15, -0.1) is 0 Å². The van der Waals surface area contributed by atoms with Crippen molar-refractivity contribution in [2.75, 3.05) is 0 Å². The molecule has 5 aromatic rings. The number of para-hydroxylation sites is 1. The van der Waals surface area contributed by atoms with Gasteiger partial charge in [-0.25, -0.2) is 9.78 Å². The van der Waals surface area contributed by atoms with Gasteiger partial charge in [0.05, 0.1) is 16.8 Å². The van der Waals surface area contributed by atoms with E-state index in [2.05, 4.69) is 0 Å². The molecule has 0 radical (unpaired) electrons. The number of benzene rings is 4. The fourth-order valence-electron chi connectivity index (χ4n) is 4.04. The second-order valence-corrected chi connectivity index (χ2v) is 8.36. The molecule has 0 aliphatic heterocycles. The number of esters is 1. The van der Waals surface area contributed by atoms with Gasteiger partial charge in [-0.2, -0.15) is 0 Å². The van der Waals surface area contributed by atoms with E-state index in [4.69, 9.17) is 9.72 Å². The van der Waals surface area contributed by atoms with E-state index in [1.165, 1.54) is 0 Å². The molecule has 0 amide bonds. The van der Waals surface area contributed by atoms with E-state index in [-0.39, 0.29) is 5.78 Å². The van der Waals surface area contributed by atoms with Crippen LogP contribution in [0.3, 0.4) is 0 Å². The van der Waals surface area contributed by atoms with Crippen molar-refractivity contribution in [1.82, 2.24) is 4.98 Å². The van der Waals surface area contributed by atoms with E-state index in [1.807, 2.05) is 79.7 Å². The van der Waals surface area contributed by atoms with Crippen LogP contribution in [0.25, 0.3) is 22.2 Å². The number of ether oxygens (including phenoxy) is 1. The molecule has 4 aromatic carbocycles. The topological polar surface area (TPSA) is 56.3 Å². The van der Waals surface area contributed by atoms with Gasteiger partial charge in [-0.05, 0) is 19.1 Å². The van der Waals surface area contributed by atoms with Gasteiger partial charge in [0.1, 0.15) is 0 Å². The Bertz CT molecular complexity index is 1490. The average molecular weight is 458 g/mol. The van der Waals surface area contributed by atoms with Crippen LogP contribution in [0.15, 0.2) is 115 Å². The molecule has 1 atom stereocenters. The maximum atomic E-state index is 13.6. The van der Waals surface area contributed by atoms with Crippen LogP contribution in [-0.2, 0) is 4.74 Å². The van der Waals surface area contributed by atoms with Gasteiger partial charge in [0.15, 0.2) is 6.10 Å². The minimum absolute atomic E-state index is 0.276. The Morgan fingerprint density at radius 3 is 2.09 bits per heavy atom. The first kappa shape index (κ1) is 22.2. The summed E-state index contributed by atoms with van der Waals surface area (Å²) in [5.41, 5.74) is 4.85. The Morgan fingerprint density at radius 2 is 1.37 bits per heavy atom. The molecule has 0 fully saturated rings. The molecule has 1 heterocycles. The molecule has 0 saturated heterocycles. The van der Waals surface area contributed by atoms with Crippen LogP contribution in [0.4, 0.5) is 0 Å². The molecule has 0 bridgehead atoms. The van der Waals surface area contributed by atoms with E-state index in [9.17, 15) is 9.59 Å². The summed E-state index contributed by atoms with van der Waals surface area (Å²) in [4.78, 5) is 31.8. The fourth-order valence-corrected chi connectivity index (χ4v) is 4.04. The second kappa shape index (κ2) is 9.74. The molecule has 35 heavy (non-hydrogen) atoms. The van der Waals surface area contributed by atoms with Gasteiger partial charge in [0.25, 0.3) is 0 Å². The highest BCUT2D eigenvalue weighted by molar-refractivity contribution is 6.07. The number of Topliss-reactive ketones (excluding diaryl/α,β-unsaturated/α-hetero) is 1. The molecule has 0 N–H and O–H groups in total. The summed E-state index contributed by atoms with van der Waals surface area (Å²) in [5.74, 6) is -0.850. The number of ketones is 1. The molecule has 0 spiro atoms. The molecule has 4 nitrogen and oxygen atoms in total. The Labute approximate surface area is 203 Å². The highest BCUT2D eigenvalue weighted by Crippen LogP contribution is 2.29. The molecule has 5 rings (SSSR count). The van der Waals surface area contributed by atoms with Crippen molar-refractivity contribution in [3.8, 4) is 11.3 Å². The van der Waals surface area contributed by atoms with Crippen LogP contribution in [-0.4, -0.2) is 16.7 Å². The quantitative estimate of drug-likeness (QED) is 0.204. The molecule has 0 saturated carbocycles. The van der Waals surface area contributed by atoms with E-state index in [0.29, 0.717) is 33.3 Å². The SMILES string of the molecule is Cc1ccc(-c2cc(C(=O)O[C@H](C(=O)c3ccccc3)c3ccccc3)c3ccccc3n2)cc1. The molecular weight excluding hydrogens is 434 g/mol. The van der Waals surface area contributed by atoms with Crippen molar-refractivity contribution in [2.24, 2.45) is 0 Å². The first-order chi connectivity index (χ1) is 17.1. The molecule has 4 heteroatoms. The summed E-state index contributed by atoms with van der Waals surface area (Å²) in [6.45, 7) is 2.02. The maximum Gasteiger partial charge on any atom is 0.339 e. The molecular formula is C31H23NO3. The Hall–Kier alpha value is -4.57. The first-order valence-electron chi connectivity index (χ1n) is 11.4. The summed E-state index contributed by atoms with van der Waals surface area (Å²) in [6, 6.07) is 35.1. The highest BCUT2D eigenvalue weighted by Gasteiger charge is 2.27. The number of carbonyl (C=O) groups excluding carboxylic acids is 2. The Kier molecular flexibility index (Phi) is 6.18. The largest absolute Gasteiger partial charge is 0.445 e. The number of aryl methyl sites for hydroxylation is 1. The molecule has 1 aromatic heterocycles. The van der Waals surface area contributed by atoms with Crippen molar-refractivity contribution < 1.29 is 14.3 Å². The van der Waals surface area contributed by atoms with E-state index < -0.39 is 12.1 Å². The van der Waals surface area contributed by atoms with Crippen LogP contribution in [0.2, 0.25) is 0 Å². The third kappa shape index (κ3) is 4.73. The fraction of sp³-hybridized carbons (Fsp3) is 0.0645. The number of carbonyl (C=O) groups is 2. The molecule has 0 aliphatic rings. The van der Waals surface area contributed by atoms with Crippen molar-refractivity contribution in [1.29, 1.82) is 0 Å². The molecule has 0 aliphatic carbocycles. The number of pyridine rings is 1. The predicted octanol–water partition coefficient (Wildman–Crippen LogP) is 6.99. The van der Waals surface area contributed by atoms with Gasteiger partial charge in [-0.3, -0.25) is 4.79 Å². The first-order valence-corrected chi connectivity index (χ1v) is 11.4. The van der Waals surface area contributed by atoms with Crippen molar-refractivity contribution in [2.45, 2.75) is 13.0 Å². The monoisotopic (exact) mass is 457 g/mol. The summed E-state index contributed by atoms with van der Waals surface area (Å²) in [7, 11) is 0. The minimum Gasteiger partial charge on any atom is -0.445 e. The summed E-state index contributed by atoms with van der Waals surface area (Å²) < 4.78 is 5.94. The Morgan fingerprint density at radius 1 is 0.743 bits per heavy atom. The van der Waals surface area contributed by atoms with Crippen LogP contribution in [0.1, 0.15) is 37.9 Å². The summed E-state index contributed by atoms with van der Waals surface area (Å²) in [6.07, 6.45) is -1.07. The van der Waals surface area contributed by atoms with Crippen molar-refractivity contribution in [3.05, 3.63) is 138 Å². The standard InChI is InChI=1S/C31H23NO3/c1-21-16-18-22(19-17-21)28-20-26(25-14-8-9-15-27(25)32-28)31(34)35-30(24-12-6-3-7-13-24)29(33)23-10-4-2-5-11-23/h2-20,30H,1H3/t30-/m0/s1. The van der Waals surface area contributed by atoms with E-state index in [0.717, 1.165) is 11.1 Å². The normalized spacial score (nSPS) is 11.7. The number of rotatable bonds is 6. The molecule has 170 valence electrons. The van der Waals surface area contributed by atoms with Crippen LogP contribution >= 0.6 is 0 Å². The van der Waals surface area contributed by atoms with Crippen LogP contribution in [0.5, 0.6) is 0 Å². The Balaban J connectivity index is 1.57. The zero-order chi connectivity index (χ0) is 24.2. The van der Waals surface area contributed by atoms with Gasteiger partial charge in [0, 0.05) is 22.1 Å². The zero-order valence-corrected chi connectivity index (χ0v) is 19.2. The number of nitrogens with zero attached hydrogens (tertiary/aromatic N) is 1. The molecule has 0 unspecified atom stereocenters. The van der Waals surface area contributed by atoms with Gasteiger partial charge in [0.2, 0.25) is 5.78 Å². The van der Waals surface area contributed by atoms with Crippen molar-refractivity contribution >= 4 is 22.7 Å². The lowest BCUT2D eigenvalue weighted by atomic mass is 9.99. The second-order valence-electron chi connectivity index (χ2n) is 8.36. The van der Waals surface area contributed by atoms with Gasteiger partial charge < -0.3 is 4.74 Å². The van der Waals surface area contributed by atoms with E-state index in [1.54, 1.807) is 42.5 Å². The van der Waals surface area contributed by atoms with Gasteiger partial charge in [-0.1, -0.05) is 109 Å². The zero-order valence-electron chi connectivity index (χ0n) is 19.2. The number of hydrogen-bond acceptors (Lipinski definition) is 4. The third-order valence-corrected chi connectivity index (χ3v) is 5.91. The third-order valence-electron chi connectivity index (χ3n) is 5.91. The lowest BCUT2D eigenvalue weighted by molar-refractivity contribution is 0.0282. The highest BCUT2D eigenvalue weighted by atomic mass is 16.5. The number of fused-ring (bicyclic) bond motifs is 1. The number of hydrogen-bond donors (Lipinski definition) is 0. The minimum atomic E-state index is -1.07. The van der Waals surface area contributed by atoms with Crippen molar-refractivity contribution in [3.63, 3.8) is 0 Å². The smallest absolute Gasteiger partial charge is 0.339 e. The lowest BCUT2D eigenvalue weighted by Crippen LogP contribution is -2.20. The number of aromatic nitrogens is 1. The summed E-state index contributed by atoms with van der Waals surface area (Å²) >= 11 is 0. The lowest BCUT2D eigenvalue weighted by Gasteiger charge is -2.18. The van der Waals surface area contributed by atoms with Crippen LogP contribution < -0.4 is 0 Å². The van der Waals surface area contributed by atoms with Gasteiger partial charge >= 0.3 is 5.97 Å². The summed E-state index contributed by atoms with van der Waals surface area (Å²) in [5, 5.41) is 0.673. The van der Waals surface area contributed by atoms with E-state index >= 15 is 0 Å². The average Bonchev–Trinajstić information content (AvgIpc) is 2.92.